The lowest BCUT2D eigenvalue weighted by atomic mass is 10.0. The summed E-state index contributed by atoms with van der Waals surface area (Å²) in [7, 11) is 0. The van der Waals surface area contributed by atoms with Crippen LogP contribution in [0.3, 0.4) is 0 Å². The van der Waals surface area contributed by atoms with E-state index in [9.17, 15) is 9.59 Å². The number of amides is 1. The molecule has 1 fully saturated rings. The minimum atomic E-state index is -0.907. The van der Waals surface area contributed by atoms with Crippen LogP contribution in [-0.2, 0) is 9.59 Å². The number of aliphatic carboxylic acids is 1. The summed E-state index contributed by atoms with van der Waals surface area (Å²) < 4.78 is 0. The van der Waals surface area contributed by atoms with Gasteiger partial charge in [0.05, 0.1) is 12.5 Å². The number of hydrogen-bond donors (Lipinski definition) is 2. The maximum atomic E-state index is 11.7. The standard InChI is InChI=1S/C13H15NO3/c15-12(16)8-11(9-4-2-1-3-5-9)14-13(17)10-6-7-10/h1-5,10-11H,6-8H2,(H,14,17)(H,15,16). The molecule has 0 saturated heterocycles. The van der Waals surface area contributed by atoms with E-state index in [2.05, 4.69) is 5.32 Å². The topological polar surface area (TPSA) is 66.4 Å². The smallest absolute Gasteiger partial charge is 0.305 e. The van der Waals surface area contributed by atoms with E-state index in [0.29, 0.717) is 0 Å². The molecule has 1 aromatic rings. The quantitative estimate of drug-likeness (QED) is 0.813. The molecule has 2 rings (SSSR count). The lowest BCUT2D eigenvalue weighted by molar-refractivity contribution is -0.137. The Balaban J connectivity index is 2.07. The van der Waals surface area contributed by atoms with E-state index >= 15 is 0 Å². The second-order valence-electron chi connectivity index (χ2n) is 4.34. The van der Waals surface area contributed by atoms with Crippen molar-refractivity contribution in [2.45, 2.75) is 25.3 Å². The van der Waals surface area contributed by atoms with Gasteiger partial charge in [0.15, 0.2) is 0 Å². The third kappa shape index (κ3) is 3.31. The molecule has 0 aromatic heterocycles. The summed E-state index contributed by atoms with van der Waals surface area (Å²) in [6, 6.07) is 8.79. The fourth-order valence-corrected chi connectivity index (χ4v) is 1.75. The number of benzene rings is 1. The largest absolute Gasteiger partial charge is 0.481 e. The average molecular weight is 233 g/mol. The van der Waals surface area contributed by atoms with E-state index in [1.165, 1.54) is 0 Å². The minimum Gasteiger partial charge on any atom is -0.481 e. The first-order chi connectivity index (χ1) is 8.16. The van der Waals surface area contributed by atoms with Crippen LogP contribution in [0.15, 0.2) is 30.3 Å². The third-order valence-corrected chi connectivity index (χ3v) is 2.85. The molecule has 4 nitrogen and oxygen atoms in total. The number of carboxylic acid groups (broad SMARTS) is 1. The zero-order valence-corrected chi connectivity index (χ0v) is 9.43. The second-order valence-corrected chi connectivity index (χ2v) is 4.34. The van der Waals surface area contributed by atoms with Crippen LogP contribution < -0.4 is 5.32 Å². The van der Waals surface area contributed by atoms with Crippen LogP contribution in [0, 0.1) is 5.92 Å². The van der Waals surface area contributed by atoms with Crippen molar-refractivity contribution in [1.82, 2.24) is 5.32 Å². The van der Waals surface area contributed by atoms with Gasteiger partial charge in [-0.2, -0.15) is 0 Å². The van der Waals surface area contributed by atoms with Crippen LogP contribution in [0.25, 0.3) is 0 Å². The van der Waals surface area contributed by atoms with Crippen LogP contribution >= 0.6 is 0 Å². The lowest BCUT2D eigenvalue weighted by Gasteiger charge is -2.17. The van der Waals surface area contributed by atoms with Crippen molar-refractivity contribution in [1.29, 1.82) is 0 Å². The molecule has 1 aliphatic rings. The van der Waals surface area contributed by atoms with Crippen molar-refractivity contribution in [3.8, 4) is 0 Å². The van der Waals surface area contributed by atoms with E-state index in [-0.39, 0.29) is 18.2 Å². The Morgan fingerprint density at radius 3 is 2.47 bits per heavy atom. The highest BCUT2D eigenvalue weighted by molar-refractivity contribution is 5.82. The molecule has 1 atom stereocenters. The molecule has 0 radical (unpaired) electrons. The van der Waals surface area contributed by atoms with Gasteiger partial charge in [0.2, 0.25) is 5.91 Å². The van der Waals surface area contributed by atoms with Crippen molar-refractivity contribution < 1.29 is 14.7 Å². The van der Waals surface area contributed by atoms with Gasteiger partial charge in [-0.15, -0.1) is 0 Å². The molecule has 0 bridgehead atoms. The fourth-order valence-electron chi connectivity index (χ4n) is 1.75. The molecular weight excluding hydrogens is 218 g/mol. The highest BCUT2D eigenvalue weighted by Crippen LogP contribution is 2.30. The molecule has 90 valence electrons. The maximum absolute atomic E-state index is 11.7. The summed E-state index contributed by atoms with van der Waals surface area (Å²) in [5, 5.41) is 11.7. The van der Waals surface area contributed by atoms with Crippen molar-refractivity contribution >= 4 is 11.9 Å². The van der Waals surface area contributed by atoms with Gasteiger partial charge in [-0.1, -0.05) is 30.3 Å². The molecule has 0 heterocycles. The number of nitrogens with one attached hydrogen (secondary N) is 1. The average Bonchev–Trinajstić information content (AvgIpc) is 3.12. The SMILES string of the molecule is O=C(O)CC(NC(=O)C1CC1)c1ccccc1. The summed E-state index contributed by atoms with van der Waals surface area (Å²) >= 11 is 0. The van der Waals surface area contributed by atoms with Gasteiger partial charge in [0.1, 0.15) is 0 Å². The maximum Gasteiger partial charge on any atom is 0.305 e. The van der Waals surface area contributed by atoms with Gasteiger partial charge in [-0.25, -0.2) is 0 Å². The Morgan fingerprint density at radius 2 is 1.94 bits per heavy atom. The van der Waals surface area contributed by atoms with Crippen LogP contribution in [0.1, 0.15) is 30.9 Å². The van der Waals surface area contributed by atoms with Crippen LogP contribution in [-0.4, -0.2) is 17.0 Å². The Kier molecular flexibility index (Phi) is 3.42. The van der Waals surface area contributed by atoms with Crippen molar-refractivity contribution in [3.63, 3.8) is 0 Å². The highest BCUT2D eigenvalue weighted by atomic mass is 16.4. The van der Waals surface area contributed by atoms with Crippen molar-refractivity contribution in [2.24, 2.45) is 5.92 Å². The van der Waals surface area contributed by atoms with Crippen LogP contribution in [0.5, 0.6) is 0 Å². The van der Waals surface area contributed by atoms with Crippen molar-refractivity contribution in [2.75, 3.05) is 0 Å². The zero-order valence-electron chi connectivity index (χ0n) is 9.43. The molecule has 17 heavy (non-hydrogen) atoms. The number of carbonyl (C=O) groups is 2. The molecule has 2 N–H and O–H groups in total. The van der Waals surface area contributed by atoms with Crippen LogP contribution in [0.2, 0.25) is 0 Å². The lowest BCUT2D eigenvalue weighted by Crippen LogP contribution is -2.31. The monoisotopic (exact) mass is 233 g/mol. The Hall–Kier alpha value is -1.84. The molecule has 4 heteroatoms. The van der Waals surface area contributed by atoms with Crippen LogP contribution in [0.4, 0.5) is 0 Å². The number of carboxylic acids is 1. The first-order valence-electron chi connectivity index (χ1n) is 5.74. The number of rotatable bonds is 5. The van der Waals surface area contributed by atoms with Gasteiger partial charge >= 0.3 is 5.97 Å². The summed E-state index contributed by atoms with van der Waals surface area (Å²) in [5.74, 6) is -0.843. The Labute approximate surface area is 99.6 Å². The minimum absolute atomic E-state index is 0.0277. The second kappa shape index (κ2) is 4.99. The fraction of sp³-hybridized carbons (Fsp3) is 0.385. The van der Waals surface area contributed by atoms with Gasteiger partial charge < -0.3 is 10.4 Å². The molecule has 0 aliphatic heterocycles. The number of hydrogen-bond acceptors (Lipinski definition) is 2. The Bertz CT molecular complexity index is 412. The van der Waals surface area contributed by atoms with E-state index in [1.54, 1.807) is 0 Å². The highest BCUT2D eigenvalue weighted by Gasteiger charge is 2.31. The zero-order chi connectivity index (χ0) is 12.3. The van der Waals surface area contributed by atoms with E-state index in [1.807, 2.05) is 30.3 Å². The van der Waals surface area contributed by atoms with E-state index in [0.717, 1.165) is 18.4 Å². The first-order valence-corrected chi connectivity index (χ1v) is 5.74. The van der Waals surface area contributed by atoms with Gasteiger partial charge in [-0.05, 0) is 18.4 Å². The number of carbonyl (C=O) groups excluding carboxylic acids is 1. The van der Waals surface area contributed by atoms with E-state index in [4.69, 9.17) is 5.11 Å². The first kappa shape index (κ1) is 11.6. The molecular formula is C13H15NO3. The molecule has 1 aromatic carbocycles. The van der Waals surface area contributed by atoms with Crippen molar-refractivity contribution in [3.05, 3.63) is 35.9 Å². The molecule has 1 saturated carbocycles. The normalized spacial score (nSPS) is 16.2. The summed E-state index contributed by atoms with van der Waals surface area (Å²) in [6.45, 7) is 0. The summed E-state index contributed by atoms with van der Waals surface area (Å²) in [5.41, 5.74) is 0.837. The van der Waals surface area contributed by atoms with Gasteiger partial charge in [-0.3, -0.25) is 9.59 Å². The predicted molar refractivity (Wildman–Crippen MR) is 62.3 cm³/mol. The molecule has 0 spiro atoms. The predicted octanol–water partition coefficient (Wildman–Crippen LogP) is 1.73. The molecule has 1 amide bonds. The van der Waals surface area contributed by atoms with E-state index < -0.39 is 12.0 Å². The molecule has 1 unspecified atom stereocenters. The Morgan fingerprint density at radius 1 is 1.29 bits per heavy atom. The van der Waals surface area contributed by atoms with Gasteiger partial charge in [0.25, 0.3) is 0 Å². The third-order valence-electron chi connectivity index (χ3n) is 2.85. The van der Waals surface area contributed by atoms with Gasteiger partial charge in [0, 0.05) is 5.92 Å². The summed E-state index contributed by atoms with van der Waals surface area (Å²) in [6.07, 6.45) is 1.75. The molecule has 1 aliphatic carbocycles. The summed E-state index contributed by atoms with van der Waals surface area (Å²) in [4.78, 5) is 22.5.